The van der Waals surface area contributed by atoms with E-state index in [1.807, 2.05) is 18.2 Å². The molecule has 1 aliphatic carbocycles. The molecule has 0 unspecified atom stereocenters. The molecule has 0 saturated heterocycles. The maximum absolute atomic E-state index is 11.6. The fraction of sp³-hybridized carbons (Fsp3) is 0.364. The van der Waals surface area contributed by atoms with Gasteiger partial charge < -0.3 is 4.42 Å². The second-order valence-electron chi connectivity index (χ2n) is 3.30. The van der Waals surface area contributed by atoms with E-state index in [4.69, 9.17) is 4.42 Å². The number of allylic oxidation sites excluding steroid dienone is 2. The third-order valence-electron chi connectivity index (χ3n) is 2.31. The van der Waals surface area contributed by atoms with Crippen molar-refractivity contribution in [3.63, 3.8) is 0 Å². The zero-order chi connectivity index (χ0) is 9.10. The highest BCUT2D eigenvalue weighted by Crippen LogP contribution is 2.19. The summed E-state index contributed by atoms with van der Waals surface area (Å²) < 4.78 is 5.12. The molecule has 1 aliphatic rings. The molecule has 0 aliphatic heterocycles. The lowest BCUT2D eigenvalue weighted by atomic mass is 10.1. The molecule has 1 aromatic rings. The van der Waals surface area contributed by atoms with Crippen molar-refractivity contribution in [1.29, 1.82) is 0 Å². The zero-order valence-corrected chi connectivity index (χ0v) is 7.45. The van der Waals surface area contributed by atoms with Crippen LogP contribution in [0.2, 0.25) is 0 Å². The van der Waals surface area contributed by atoms with Crippen LogP contribution in [0.25, 0.3) is 0 Å². The lowest BCUT2D eigenvalue weighted by Crippen LogP contribution is -2.03. The van der Waals surface area contributed by atoms with E-state index >= 15 is 0 Å². The number of carbonyl (C=O) groups is 1. The monoisotopic (exact) mass is 176 g/mol. The number of Topliss-reactive ketones (excluding diaryl/α,β-unsaturated/α-hetero) is 1. The average molecular weight is 176 g/mol. The van der Waals surface area contributed by atoms with E-state index in [-0.39, 0.29) is 5.78 Å². The predicted octanol–water partition coefficient (Wildman–Crippen LogP) is 2.50. The fourth-order valence-corrected chi connectivity index (χ4v) is 1.61. The average Bonchev–Trinajstić information content (AvgIpc) is 2.74. The van der Waals surface area contributed by atoms with Crippen molar-refractivity contribution < 1.29 is 9.21 Å². The number of rotatable bonds is 3. The molecule has 0 N–H and O–H groups in total. The molecule has 0 saturated carbocycles. The number of ketones is 1. The van der Waals surface area contributed by atoms with Gasteiger partial charge >= 0.3 is 0 Å². The Morgan fingerprint density at radius 2 is 2.46 bits per heavy atom. The largest absolute Gasteiger partial charge is 0.469 e. The molecular weight excluding hydrogens is 164 g/mol. The van der Waals surface area contributed by atoms with Crippen LogP contribution in [-0.4, -0.2) is 5.78 Å². The third kappa shape index (κ3) is 1.89. The Morgan fingerprint density at radius 3 is 3.08 bits per heavy atom. The Bertz CT molecular complexity index is 320. The summed E-state index contributed by atoms with van der Waals surface area (Å²) >= 11 is 0. The topological polar surface area (TPSA) is 30.2 Å². The van der Waals surface area contributed by atoms with Crippen LogP contribution in [0.3, 0.4) is 0 Å². The van der Waals surface area contributed by atoms with E-state index < -0.39 is 0 Å². The molecular formula is C11H12O2. The second kappa shape index (κ2) is 3.60. The summed E-state index contributed by atoms with van der Waals surface area (Å²) in [5.74, 6) is 0.977. The van der Waals surface area contributed by atoms with Gasteiger partial charge in [0.1, 0.15) is 5.76 Å². The van der Waals surface area contributed by atoms with Gasteiger partial charge in [0.25, 0.3) is 0 Å². The minimum absolute atomic E-state index is 0.215. The molecule has 0 fully saturated rings. The quantitative estimate of drug-likeness (QED) is 0.708. The molecule has 0 atom stereocenters. The highest BCUT2D eigenvalue weighted by atomic mass is 16.3. The van der Waals surface area contributed by atoms with Crippen LogP contribution in [0.15, 0.2) is 34.5 Å². The highest BCUT2D eigenvalue weighted by Gasteiger charge is 2.14. The second-order valence-corrected chi connectivity index (χ2v) is 3.30. The van der Waals surface area contributed by atoms with Crippen LogP contribution < -0.4 is 0 Å². The van der Waals surface area contributed by atoms with E-state index in [2.05, 4.69) is 0 Å². The first-order valence-corrected chi connectivity index (χ1v) is 4.61. The maximum atomic E-state index is 11.6. The number of hydrogen-bond acceptors (Lipinski definition) is 2. The van der Waals surface area contributed by atoms with E-state index in [0.717, 1.165) is 30.6 Å². The van der Waals surface area contributed by atoms with Gasteiger partial charge in [-0.25, -0.2) is 0 Å². The van der Waals surface area contributed by atoms with Gasteiger partial charge in [-0.05, 0) is 37.0 Å². The zero-order valence-electron chi connectivity index (χ0n) is 7.45. The van der Waals surface area contributed by atoms with Gasteiger partial charge in [-0.2, -0.15) is 0 Å². The van der Waals surface area contributed by atoms with Gasteiger partial charge in [-0.3, -0.25) is 4.79 Å². The Morgan fingerprint density at radius 1 is 1.54 bits per heavy atom. The molecule has 0 spiro atoms. The normalized spacial score (nSPS) is 15.8. The van der Waals surface area contributed by atoms with Gasteiger partial charge in [0.05, 0.1) is 12.7 Å². The Labute approximate surface area is 77.2 Å². The first-order chi connectivity index (χ1) is 6.36. The summed E-state index contributed by atoms with van der Waals surface area (Å²) in [5.41, 5.74) is 0.983. The molecule has 0 aromatic carbocycles. The summed E-state index contributed by atoms with van der Waals surface area (Å²) in [6, 6.07) is 3.65. The molecule has 2 nitrogen and oxygen atoms in total. The molecule has 68 valence electrons. The van der Waals surface area contributed by atoms with Crippen LogP contribution in [0.1, 0.15) is 25.0 Å². The van der Waals surface area contributed by atoms with Crippen molar-refractivity contribution >= 4 is 5.78 Å². The highest BCUT2D eigenvalue weighted by molar-refractivity contribution is 5.96. The van der Waals surface area contributed by atoms with E-state index in [9.17, 15) is 4.79 Å². The molecule has 0 radical (unpaired) electrons. The SMILES string of the molecule is O=C(Cc1ccco1)C1=CCCC1. The van der Waals surface area contributed by atoms with Gasteiger partial charge in [0.15, 0.2) is 5.78 Å². The van der Waals surface area contributed by atoms with Crippen LogP contribution in [0.5, 0.6) is 0 Å². The molecule has 2 heteroatoms. The van der Waals surface area contributed by atoms with Crippen molar-refractivity contribution in [3.8, 4) is 0 Å². The number of furan rings is 1. The molecule has 0 bridgehead atoms. The summed E-state index contributed by atoms with van der Waals surface area (Å²) in [6.07, 6.45) is 7.19. The van der Waals surface area contributed by atoms with Crippen molar-refractivity contribution in [3.05, 3.63) is 35.8 Å². The van der Waals surface area contributed by atoms with Crippen molar-refractivity contribution in [2.75, 3.05) is 0 Å². The van der Waals surface area contributed by atoms with Gasteiger partial charge in [-0.15, -0.1) is 0 Å². The summed E-state index contributed by atoms with van der Waals surface area (Å²) in [5, 5.41) is 0. The maximum Gasteiger partial charge on any atom is 0.166 e. The fourth-order valence-electron chi connectivity index (χ4n) is 1.61. The summed E-state index contributed by atoms with van der Waals surface area (Å²) in [7, 11) is 0. The number of carbonyl (C=O) groups excluding carboxylic acids is 1. The van der Waals surface area contributed by atoms with Crippen molar-refractivity contribution in [2.24, 2.45) is 0 Å². The van der Waals surface area contributed by atoms with E-state index in [1.165, 1.54) is 0 Å². The smallest absolute Gasteiger partial charge is 0.166 e. The first-order valence-electron chi connectivity index (χ1n) is 4.61. The van der Waals surface area contributed by atoms with Gasteiger partial charge in [0, 0.05) is 0 Å². The van der Waals surface area contributed by atoms with Crippen molar-refractivity contribution in [1.82, 2.24) is 0 Å². The first kappa shape index (κ1) is 8.30. The van der Waals surface area contributed by atoms with Gasteiger partial charge in [-0.1, -0.05) is 6.08 Å². The molecule has 1 aromatic heterocycles. The minimum Gasteiger partial charge on any atom is -0.469 e. The van der Waals surface area contributed by atoms with E-state index in [1.54, 1.807) is 6.26 Å². The van der Waals surface area contributed by atoms with Crippen LogP contribution >= 0.6 is 0 Å². The summed E-state index contributed by atoms with van der Waals surface area (Å²) in [4.78, 5) is 11.6. The van der Waals surface area contributed by atoms with E-state index in [0.29, 0.717) is 6.42 Å². The standard InChI is InChI=1S/C11H12O2/c12-11(9-4-1-2-5-9)8-10-6-3-7-13-10/h3-4,6-7H,1-2,5,8H2. The van der Waals surface area contributed by atoms with Crippen LogP contribution in [0.4, 0.5) is 0 Å². The van der Waals surface area contributed by atoms with Crippen molar-refractivity contribution in [2.45, 2.75) is 25.7 Å². The lowest BCUT2D eigenvalue weighted by Gasteiger charge is -1.97. The predicted molar refractivity (Wildman–Crippen MR) is 49.4 cm³/mol. The molecule has 2 rings (SSSR count). The number of hydrogen-bond donors (Lipinski definition) is 0. The van der Waals surface area contributed by atoms with Crippen LogP contribution in [-0.2, 0) is 11.2 Å². The van der Waals surface area contributed by atoms with Crippen LogP contribution in [0, 0.1) is 0 Å². The molecule has 13 heavy (non-hydrogen) atoms. The molecule has 0 amide bonds. The summed E-state index contributed by atoms with van der Waals surface area (Å²) in [6.45, 7) is 0. The Hall–Kier alpha value is -1.31. The molecule has 1 heterocycles. The minimum atomic E-state index is 0.215. The Balaban J connectivity index is 1.99. The lowest BCUT2D eigenvalue weighted by molar-refractivity contribution is -0.115. The third-order valence-corrected chi connectivity index (χ3v) is 2.31. The van der Waals surface area contributed by atoms with Gasteiger partial charge in [0.2, 0.25) is 0 Å². The Kier molecular flexibility index (Phi) is 2.30.